The highest BCUT2D eigenvalue weighted by molar-refractivity contribution is 5.83. The Morgan fingerprint density at radius 1 is 1.24 bits per heavy atom. The number of nitrogens with one attached hydrogen (secondary N) is 1. The van der Waals surface area contributed by atoms with Crippen LogP contribution in [-0.2, 0) is 11.2 Å². The molecule has 25 heavy (non-hydrogen) atoms. The minimum Gasteiger partial charge on any atom is -0.497 e. The molecule has 0 bridgehead atoms. The number of amides is 1. The van der Waals surface area contributed by atoms with Crippen LogP contribution in [0.2, 0.25) is 0 Å². The van der Waals surface area contributed by atoms with E-state index in [4.69, 9.17) is 4.74 Å². The Morgan fingerprint density at radius 2 is 2.04 bits per heavy atom. The lowest BCUT2D eigenvalue weighted by molar-refractivity contribution is -0.135. The van der Waals surface area contributed by atoms with Crippen molar-refractivity contribution in [1.82, 2.24) is 10.2 Å². The summed E-state index contributed by atoms with van der Waals surface area (Å²) in [5.74, 6) is 1.00. The van der Waals surface area contributed by atoms with Gasteiger partial charge in [0.2, 0.25) is 5.91 Å². The van der Waals surface area contributed by atoms with E-state index in [-0.39, 0.29) is 11.9 Å². The summed E-state index contributed by atoms with van der Waals surface area (Å²) in [6.45, 7) is 5.91. The third-order valence-electron chi connectivity index (χ3n) is 4.52. The van der Waals surface area contributed by atoms with Crippen LogP contribution in [0.5, 0.6) is 5.75 Å². The minimum absolute atomic E-state index is 0.154. The number of hydrogen-bond acceptors (Lipinski definition) is 3. The highest BCUT2D eigenvalue weighted by atomic mass is 16.5. The average Bonchev–Trinajstić information content (AvgIpc) is 2.65. The molecule has 1 saturated heterocycles. The second kappa shape index (κ2) is 7.99. The molecule has 130 valence electrons. The lowest BCUT2D eigenvalue weighted by Crippen LogP contribution is -2.55. The van der Waals surface area contributed by atoms with Crippen molar-refractivity contribution in [2.45, 2.75) is 12.5 Å². The minimum atomic E-state index is -0.167. The molecule has 0 spiro atoms. The number of benzene rings is 2. The molecule has 2 aromatic rings. The molecule has 0 saturated carbocycles. The molecule has 0 aromatic heterocycles. The highest BCUT2D eigenvalue weighted by Crippen LogP contribution is 2.24. The first kappa shape index (κ1) is 17.2. The van der Waals surface area contributed by atoms with Crippen molar-refractivity contribution < 1.29 is 9.53 Å². The van der Waals surface area contributed by atoms with E-state index in [2.05, 4.69) is 30.1 Å². The van der Waals surface area contributed by atoms with Gasteiger partial charge in [-0.25, -0.2) is 0 Å². The van der Waals surface area contributed by atoms with Gasteiger partial charge in [0.25, 0.3) is 0 Å². The summed E-state index contributed by atoms with van der Waals surface area (Å²) in [4.78, 5) is 14.4. The van der Waals surface area contributed by atoms with Crippen LogP contribution >= 0.6 is 0 Å². The first-order chi connectivity index (χ1) is 12.2. The molecule has 1 amide bonds. The maximum Gasteiger partial charge on any atom is 0.240 e. The highest BCUT2D eigenvalue weighted by Gasteiger charge is 2.27. The van der Waals surface area contributed by atoms with E-state index in [1.165, 1.54) is 0 Å². The predicted molar refractivity (Wildman–Crippen MR) is 101 cm³/mol. The standard InChI is InChI=1S/C21H24N2O2/c1-3-12-23-13-11-22-20(21(23)24)15-16-5-4-6-18(14-16)17-7-9-19(25-2)10-8-17/h3-10,14,20,22H,1,11-13,15H2,2H3/t20-/m1/s1. The summed E-state index contributed by atoms with van der Waals surface area (Å²) in [5.41, 5.74) is 3.44. The number of nitrogens with zero attached hydrogens (tertiary/aromatic N) is 1. The molecule has 0 radical (unpaired) electrons. The molecule has 0 unspecified atom stereocenters. The summed E-state index contributed by atoms with van der Waals surface area (Å²) in [7, 11) is 1.67. The molecule has 1 N–H and O–H groups in total. The summed E-state index contributed by atoms with van der Waals surface area (Å²) in [6, 6.07) is 16.2. The van der Waals surface area contributed by atoms with Gasteiger partial charge in [-0.1, -0.05) is 42.5 Å². The Bertz CT molecular complexity index is 740. The predicted octanol–water partition coefficient (Wildman–Crippen LogP) is 2.89. The van der Waals surface area contributed by atoms with Crippen LogP contribution in [0, 0.1) is 0 Å². The molecule has 3 rings (SSSR count). The van der Waals surface area contributed by atoms with Gasteiger partial charge in [-0.15, -0.1) is 6.58 Å². The van der Waals surface area contributed by atoms with Crippen molar-refractivity contribution in [3.8, 4) is 16.9 Å². The number of hydrogen-bond donors (Lipinski definition) is 1. The van der Waals surface area contributed by atoms with Gasteiger partial charge in [0.1, 0.15) is 5.75 Å². The summed E-state index contributed by atoms with van der Waals surface area (Å²) >= 11 is 0. The fourth-order valence-electron chi connectivity index (χ4n) is 3.19. The average molecular weight is 336 g/mol. The largest absolute Gasteiger partial charge is 0.497 e. The quantitative estimate of drug-likeness (QED) is 0.825. The summed E-state index contributed by atoms with van der Waals surface area (Å²) in [6.07, 6.45) is 2.47. The van der Waals surface area contributed by atoms with Gasteiger partial charge < -0.3 is 15.0 Å². The van der Waals surface area contributed by atoms with Crippen molar-refractivity contribution in [3.05, 3.63) is 66.7 Å². The van der Waals surface area contributed by atoms with Crippen molar-refractivity contribution in [3.63, 3.8) is 0 Å². The van der Waals surface area contributed by atoms with E-state index < -0.39 is 0 Å². The van der Waals surface area contributed by atoms with Crippen LogP contribution < -0.4 is 10.1 Å². The number of ether oxygens (including phenoxy) is 1. The van der Waals surface area contributed by atoms with Crippen LogP contribution in [0.3, 0.4) is 0 Å². The first-order valence-electron chi connectivity index (χ1n) is 8.57. The van der Waals surface area contributed by atoms with Crippen LogP contribution in [0.1, 0.15) is 5.56 Å². The zero-order valence-corrected chi connectivity index (χ0v) is 14.6. The van der Waals surface area contributed by atoms with Gasteiger partial charge in [0, 0.05) is 19.6 Å². The SMILES string of the molecule is C=CCN1CCN[C@H](Cc2cccc(-c3ccc(OC)cc3)c2)C1=O. The second-order valence-corrected chi connectivity index (χ2v) is 6.21. The van der Waals surface area contributed by atoms with Crippen molar-refractivity contribution in [2.75, 3.05) is 26.7 Å². The maximum atomic E-state index is 12.5. The molecule has 1 atom stereocenters. The molecule has 1 aliphatic heterocycles. The third kappa shape index (κ3) is 4.09. The fraction of sp³-hybridized carbons (Fsp3) is 0.286. The van der Waals surface area contributed by atoms with E-state index in [1.807, 2.05) is 35.2 Å². The van der Waals surface area contributed by atoms with E-state index in [0.717, 1.165) is 35.5 Å². The summed E-state index contributed by atoms with van der Waals surface area (Å²) in [5, 5.41) is 3.34. The molecule has 1 aliphatic rings. The Morgan fingerprint density at radius 3 is 2.76 bits per heavy atom. The zero-order chi connectivity index (χ0) is 17.6. The van der Waals surface area contributed by atoms with Crippen molar-refractivity contribution in [2.24, 2.45) is 0 Å². The van der Waals surface area contributed by atoms with Crippen molar-refractivity contribution >= 4 is 5.91 Å². The summed E-state index contributed by atoms with van der Waals surface area (Å²) < 4.78 is 5.21. The molecular weight excluding hydrogens is 312 g/mol. The topological polar surface area (TPSA) is 41.6 Å². The molecule has 4 nitrogen and oxygen atoms in total. The number of rotatable bonds is 6. The Balaban J connectivity index is 1.75. The van der Waals surface area contributed by atoms with Gasteiger partial charge in [0.15, 0.2) is 0 Å². The van der Waals surface area contributed by atoms with Crippen LogP contribution in [-0.4, -0.2) is 43.6 Å². The maximum absolute atomic E-state index is 12.5. The van der Waals surface area contributed by atoms with Gasteiger partial charge >= 0.3 is 0 Å². The fourth-order valence-corrected chi connectivity index (χ4v) is 3.19. The lowest BCUT2D eigenvalue weighted by atomic mass is 9.98. The van der Waals surface area contributed by atoms with Gasteiger partial charge in [-0.05, 0) is 35.2 Å². The van der Waals surface area contributed by atoms with Crippen molar-refractivity contribution in [1.29, 1.82) is 0 Å². The number of piperazine rings is 1. The number of carbonyl (C=O) groups excluding carboxylic acids is 1. The third-order valence-corrected chi connectivity index (χ3v) is 4.52. The Hall–Kier alpha value is -2.59. The molecule has 4 heteroatoms. The van der Waals surface area contributed by atoms with Gasteiger partial charge in [-0.2, -0.15) is 0 Å². The normalized spacial score (nSPS) is 17.4. The lowest BCUT2D eigenvalue weighted by Gasteiger charge is -2.32. The molecule has 1 fully saturated rings. The number of carbonyl (C=O) groups is 1. The second-order valence-electron chi connectivity index (χ2n) is 6.21. The Kier molecular flexibility index (Phi) is 5.51. The molecular formula is C21H24N2O2. The van der Waals surface area contributed by atoms with Gasteiger partial charge in [-0.3, -0.25) is 4.79 Å². The van der Waals surface area contributed by atoms with E-state index in [9.17, 15) is 4.79 Å². The Labute approximate surface area is 149 Å². The van der Waals surface area contributed by atoms with E-state index >= 15 is 0 Å². The molecule has 1 heterocycles. The van der Waals surface area contributed by atoms with Crippen LogP contribution in [0.4, 0.5) is 0 Å². The smallest absolute Gasteiger partial charge is 0.240 e. The first-order valence-corrected chi connectivity index (χ1v) is 8.57. The van der Waals surface area contributed by atoms with E-state index in [1.54, 1.807) is 13.2 Å². The number of methoxy groups -OCH3 is 1. The molecule has 2 aromatic carbocycles. The zero-order valence-electron chi connectivity index (χ0n) is 14.6. The monoisotopic (exact) mass is 336 g/mol. The van der Waals surface area contributed by atoms with E-state index in [0.29, 0.717) is 13.0 Å². The molecule has 0 aliphatic carbocycles. The van der Waals surface area contributed by atoms with Crippen LogP contribution in [0.15, 0.2) is 61.2 Å². The van der Waals surface area contributed by atoms with Gasteiger partial charge in [0.05, 0.1) is 13.2 Å². The van der Waals surface area contributed by atoms with Crippen LogP contribution in [0.25, 0.3) is 11.1 Å².